The molecule has 9 aromatic rings. The number of benzene rings is 5. The molecule has 45 heavy (non-hydrogen) atoms. The zero-order chi connectivity index (χ0) is 29.7. The summed E-state index contributed by atoms with van der Waals surface area (Å²) in [6.07, 6.45) is 3.61. The molecule has 0 saturated heterocycles. The van der Waals surface area contributed by atoms with Crippen molar-refractivity contribution in [1.82, 2.24) is 9.97 Å². The summed E-state index contributed by atoms with van der Waals surface area (Å²) in [6.45, 7) is 0. The molecule has 0 spiro atoms. The number of aromatic nitrogens is 2. The second-order valence-electron chi connectivity index (χ2n) is 11.1. The Morgan fingerprint density at radius 2 is 0.911 bits per heavy atom. The van der Waals surface area contributed by atoms with Crippen molar-refractivity contribution in [3.05, 3.63) is 146 Å². The summed E-state index contributed by atoms with van der Waals surface area (Å²) in [4.78, 5) is 11.4. The van der Waals surface area contributed by atoms with Crippen molar-refractivity contribution in [3.8, 4) is 33.4 Å². The van der Waals surface area contributed by atoms with Crippen molar-refractivity contribution in [2.45, 2.75) is 9.79 Å². The maximum atomic E-state index is 6.09. The zero-order valence-corrected chi connectivity index (χ0v) is 24.8. The number of hydrogen-bond donors (Lipinski definition) is 0. The van der Waals surface area contributed by atoms with Gasteiger partial charge in [0, 0.05) is 33.0 Å². The second-order valence-corrected chi connectivity index (χ2v) is 12.2. The quantitative estimate of drug-likeness (QED) is 0.198. The van der Waals surface area contributed by atoms with Gasteiger partial charge in [-0.2, -0.15) is 0 Å². The first-order valence-corrected chi connectivity index (χ1v) is 15.6. The molecule has 5 aromatic carbocycles. The first kappa shape index (κ1) is 25.8. The topological polar surface area (TPSA) is 52.1 Å². The van der Waals surface area contributed by atoms with E-state index in [0.29, 0.717) is 0 Å². The lowest BCUT2D eigenvalue weighted by molar-refractivity contribution is 0.668. The third-order valence-electron chi connectivity index (χ3n) is 8.22. The molecule has 0 atom stereocenters. The van der Waals surface area contributed by atoms with Crippen LogP contribution in [0.15, 0.2) is 164 Å². The highest BCUT2D eigenvalue weighted by atomic mass is 32.2. The van der Waals surface area contributed by atoms with E-state index in [1.54, 1.807) is 18.0 Å². The van der Waals surface area contributed by atoms with Crippen molar-refractivity contribution >= 4 is 55.9 Å². The van der Waals surface area contributed by atoms with E-state index in [0.717, 1.165) is 66.4 Å². The molecule has 4 aromatic heterocycles. The zero-order valence-electron chi connectivity index (χ0n) is 24.0. The predicted molar refractivity (Wildman–Crippen MR) is 183 cm³/mol. The summed E-state index contributed by atoms with van der Waals surface area (Å²) in [6, 6.07) is 46.5. The Morgan fingerprint density at radius 1 is 0.378 bits per heavy atom. The normalized spacial score (nSPS) is 11.6. The maximum Gasteiger partial charge on any atom is 0.153 e. The largest absolute Gasteiger partial charge is 0.454 e. The Kier molecular flexibility index (Phi) is 6.03. The van der Waals surface area contributed by atoms with Gasteiger partial charge in [-0.15, -0.1) is 0 Å². The lowest BCUT2D eigenvalue weighted by Crippen LogP contribution is -1.83. The second kappa shape index (κ2) is 10.5. The van der Waals surface area contributed by atoms with Crippen LogP contribution in [0.1, 0.15) is 0 Å². The van der Waals surface area contributed by atoms with E-state index < -0.39 is 0 Å². The Hall–Kier alpha value is -5.65. The van der Waals surface area contributed by atoms with Gasteiger partial charge in [-0.25, -0.2) is 0 Å². The van der Waals surface area contributed by atoms with E-state index in [1.807, 2.05) is 36.5 Å². The van der Waals surface area contributed by atoms with Gasteiger partial charge in [0.1, 0.15) is 22.2 Å². The molecule has 4 nitrogen and oxygen atoms in total. The van der Waals surface area contributed by atoms with E-state index in [1.165, 1.54) is 20.9 Å². The van der Waals surface area contributed by atoms with Crippen molar-refractivity contribution < 1.29 is 8.83 Å². The predicted octanol–water partition coefficient (Wildman–Crippen LogP) is 11.4. The van der Waals surface area contributed by atoms with Gasteiger partial charge in [0.15, 0.2) is 11.2 Å². The van der Waals surface area contributed by atoms with E-state index in [-0.39, 0.29) is 0 Å². The smallest absolute Gasteiger partial charge is 0.153 e. The Morgan fingerprint density at radius 3 is 1.60 bits per heavy atom. The first-order valence-electron chi connectivity index (χ1n) is 14.8. The molecule has 0 unspecified atom stereocenters. The highest BCUT2D eigenvalue weighted by Crippen LogP contribution is 2.37. The average molecular weight is 597 g/mol. The van der Waals surface area contributed by atoms with Crippen LogP contribution in [0.25, 0.3) is 77.5 Å². The van der Waals surface area contributed by atoms with Crippen LogP contribution in [0.2, 0.25) is 0 Å². The van der Waals surface area contributed by atoms with Crippen LogP contribution in [-0.4, -0.2) is 9.97 Å². The summed E-state index contributed by atoms with van der Waals surface area (Å²) >= 11 is 1.77. The minimum atomic E-state index is 0.808. The third-order valence-corrected chi connectivity index (χ3v) is 9.20. The molecule has 0 N–H and O–H groups in total. The molecule has 0 aliphatic heterocycles. The monoisotopic (exact) mass is 596 g/mol. The van der Waals surface area contributed by atoms with Gasteiger partial charge in [0.05, 0.1) is 0 Å². The Balaban J connectivity index is 1.00. The first-order chi connectivity index (χ1) is 22.2. The minimum Gasteiger partial charge on any atom is -0.454 e. The number of hydrogen-bond acceptors (Lipinski definition) is 5. The Bertz CT molecular complexity index is 2550. The average Bonchev–Trinajstić information content (AvgIpc) is 3.66. The molecule has 4 heterocycles. The van der Waals surface area contributed by atoms with Gasteiger partial charge in [0.25, 0.3) is 0 Å². The molecule has 5 heteroatoms. The summed E-state index contributed by atoms with van der Waals surface area (Å²) in [5.74, 6) is 0. The molecule has 0 aliphatic carbocycles. The SMILES string of the molecule is c1cc(Sc2cccc(-c3ccc4c(c3)oc3cccnc34)c2)cc(-c2cccc(-c3ccc4oc5cccnc5c4c3)c2)c1. The number of furan rings is 2. The van der Waals surface area contributed by atoms with Crippen LogP contribution >= 0.6 is 11.8 Å². The van der Waals surface area contributed by atoms with E-state index in [4.69, 9.17) is 8.83 Å². The van der Waals surface area contributed by atoms with E-state index in [2.05, 4.69) is 113 Å². The lowest BCUT2D eigenvalue weighted by atomic mass is 9.98. The summed E-state index contributed by atoms with van der Waals surface area (Å²) < 4.78 is 12.1. The maximum absolute atomic E-state index is 6.09. The van der Waals surface area contributed by atoms with Crippen molar-refractivity contribution in [3.63, 3.8) is 0 Å². The van der Waals surface area contributed by atoms with Crippen LogP contribution in [0.4, 0.5) is 0 Å². The summed E-state index contributed by atoms with van der Waals surface area (Å²) in [5.41, 5.74) is 12.0. The summed E-state index contributed by atoms with van der Waals surface area (Å²) in [7, 11) is 0. The molecule has 0 fully saturated rings. The van der Waals surface area contributed by atoms with Gasteiger partial charge in [-0.3, -0.25) is 9.97 Å². The third kappa shape index (κ3) is 4.65. The number of fused-ring (bicyclic) bond motifs is 6. The fraction of sp³-hybridized carbons (Fsp3) is 0. The number of pyridine rings is 2. The molecule has 0 saturated carbocycles. The van der Waals surface area contributed by atoms with Gasteiger partial charge in [-0.1, -0.05) is 66.4 Å². The summed E-state index contributed by atoms with van der Waals surface area (Å²) in [5, 5.41) is 2.07. The highest BCUT2D eigenvalue weighted by molar-refractivity contribution is 7.99. The molecular formula is C40H24N2O2S. The molecular weight excluding hydrogens is 573 g/mol. The molecule has 0 bridgehead atoms. The van der Waals surface area contributed by atoms with Crippen LogP contribution in [-0.2, 0) is 0 Å². The van der Waals surface area contributed by atoms with Crippen molar-refractivity contribution in [2.24, 2.45) is 0 Å². The van der Waals surface area contributed by atoms with Gasteiger partial charge in [0.2, 0.25) is 0 Å². The number of nitrogens with zero attached hydrogens (tertiary/aromatic N) is 2. The van der Waals surface area contributed by atoms with Crippen LogP contribution in [0.3, 0.4) is 0 Å². The molecule has 212 valence electrons. The Labute approximate surface area is 263 Å². The fourth-order valence-electron chi connectivity index (χ4n) is 6.05. The van der Waals surface area contributed by atoms with Crippen LogP contribution in [0, 0.1) is 0 Å². The minimum absolute atomic E-state index is 0.808. The van der Waals surface area contributed by atoms with E-state index in [9.17, 15) is 0 Å². The van der Waals surface area contributed by atoms with Crippen LogP contribution in [0.5, 0.6) is 0 Å². The van der Waals surface area contributed by atoms with Gasteiger partial charge >= 0.3 is 0 Å². The standard InChI is InChI=1S/C40H24N2O2S/c1-6-25(20-26(7-1)29-15-17-35-34(23-29)40-37(43-35)13-5-19-42-40)27-8-2-10-31(21-27)45-32-11-3-9-28(22-32)30-14-16-33-38(24-30)44-36-12-4-18-41-39(33)36/h1-24H. The van der Waals surface area contributed by atoms with Crippen molar-refractivity contribution in [1.29, 1.82) is 0 Å². The highest BCUT2D eigenvalue weighted by Gasteiger charge is 2.12. The number of rotatable bonds is 5. The van der Waals surface area contributed by atoms with Gasteiger partial charge in [-0.05, 0) is 112 Å². The molecule has 0 amide bonds. The molecule has 9 rings (SSSR count). The lowest BCUT2D eigenvalue weighted by Gasteiger charge is -2.09. The molecule has 0 aliphatic rings. The van der Waals surface area contributed by atoms with Crippen molar-refractivity contribution in [2.75, 3.05) is 0 Å². The van der Waals surface area contributed by atoms with Gasteiger partial charge < -0.3 is 8.83 Å². The fourth-order valence-corrected chi connectivity index (χ4v) is 6.98. The molecule has 0 radical (unpaired) electrons. The van der Waals surface area contributed by atoms with Crippen LogP contribution < -0.4 is 0 Å². The van der Waals surface area contributed by atoms with E-state index >= 15 is 0 Å².